The molecule has 0 bridgehead atoms. The van der Waals surface area contributed by atoms with E-state index in [0.29, 0.717) is 0 Å². The summed E-state index contributed by atoms with van der Waals surface area (Å²) in [4.78, 5) is 5.21. The highest BCUT2D eigenvalue weighted by molar-refractivity contribution is 5.93. The van der Waals surface area contributed by atoms with Crippen LogP contribution in [0, 0.1) is 0 Å². The zero-order valence-corrected chi connectivity index (χ0v) is 16.0. The fourth-order valence-electron chi connectivity index (χ4n) is 4.60. The van der Waals surface area contributed by atoms with Gasteiger partial charge in [-0.2, -0.15) is 0 Å². The van der Waals surface area contributed by atoms with Gasteiger partial charge in [-0.3, -0.25) is 0 Å². The Labute approximate surface area is 170 Å². The number of hydrogen-bond donors (Lipinski definition) is 0. The van der Waals surface area contributed by atoms with Crippen LogP contribution in [0.1, 0.15) is 5.56 Å². The lowest BCUT2D eigenvalue weighted by atomic mass is 9.94. The van der Waals surface area contributed by atoms with Crippen molar-refractivity contribution < 1.29 is 0 Å². The molecule has 0 radical (unpaired) electrons. The number of nitrogens with zero attached hydrogens (tertiary/aromatic N) is 2. The molecule has 0 aliphatic carbocycles. The molecule has 0 saturated heterocycles. The van der Waals surface area contributed by atoms with Crippen molar-refractivity contribution in [2.45, 2.75) is 13.0 Å². The molecule has 6 rings (SSSR count). The molecule has 0 unspecified atom stereocenters. The second-order valence-electron chi connectivity index (χ2n) is 7.58. The fourth-order valence-corrected chi connectivity index (χ4v) is 4.60. The molecule has 0 saturated carbocycles. The standard InChI is InChI=1S/C27H20N2/c1-3-10-20(11-4-1)25-26(21-12-5-2-6-13-21)29-18-17-23-22-14-8-7-9-19(22)15-16-24(23)27(29)28-25/h1-16H,17-18H2. The van der Waals surface area contributed by atoms with Gasteiger partial charge in [-0.15, -0.1) is 0 Å². The Morgan fingerprint density at radius 3 is 2.14 bits per heavy atom. The van der Waals surface area contributed by atoms with Crippen molar-refractivity contribution in [3.8, 4) is 33.9 Å². The lowest BCUT2D eigenvalue weighted by Crippen LogP contribution is -2.12. The normalized spacial score (nSPS) is 12.6. The molecule has 0 spiro atoms. The summed E-state index contributed by atoms with van der Waals surface area (Å²) < 4.78 is 2.41. The second-order valence-corrected chi connectivity index (χ2v) is 7.58. The maximum atomic E-state index is 5.21. The van der Waals surface area contributed by atoms with Crippen LogP contribution in [0.4, 0.5) is 0 Å². The lowest BCUT2D eigenvalue weighted by molar-refractivity contribution is 0.693. The highest BCUT2D eigenvalue weighted by atomic mass is 15.1. The van der Waals surface area contributed by atoms with E-state index in [0.717, 1.165) is 30.0 Å². The van der Waals surface area contributed by atoms with Gasteiger partial charge < -0.3 is 4.57 Å². The number of imidazole rings is 1. The Hall–Kier alpha value is -3.65. The third-order valence-corrected chi connectivity index (χ3v) is 5.93. The number of aromatic nitrogens is 2. The third-order valence-electron chi connectivity index (χ3n) is 5.93. The molecule has 1 aliphatic heterocycles. The van der Waals surface area contributed by atoms with Crippen LogP contribution in [0.5, 0.6) is 0 Å². The molecule has 0 atom stereocenters. The first kappa shape index (κ1) is 16.3. The van der Waals surface area contributed by atoms with Gasteiger partial charge >= 0.3 is 0 Å². The Morgan fingerprint density at radius 1 is 0.655 bits per heavy atom. The van der Waals surface area contributed by atoms with Crippen LogP contribution in [-0.2, 0) is 13.0 Å². The first-order valence-electron chi connectivity index (χ1n) is 10.1. The average Bonchev–Trinajstić information content (AvgIpc) is 3.20. The fraction of sp³-hybridized carbons (Fsp3) is 0.0741. The van der Waals surface area contributed by atoms with Gasteiger partial charge in [0.2, 0.25) is 0 Å². The van der Waals surface area contributed by atoms with Crippen LogP contribution in [0.15, 0.2) is 97.1 Å². The third kappa shape index (κ3) is 2.53. The Balaban J connectivity index is 1.66. The van der Waals surface area contributed by atoms with Crippen LogP contribution in [-0.4, -0.2) is 9.55 Å². The molecule has 2 heterocycles. The van der Waals surface area contributed by atoms with E-state index in [1.807, 2.05) is 0 Å². The number of rotatable bonds is 2. The van der Waals surface area contributed by atoms with E-state index in [9.17, 15) is 0 Å². The molecule has 2 nitrogen and oxygen atoms in total. The van der Waals surface area contributed by atoms with Crippen molar-refractivity contribution in [2.24, 2.45) is 0 Å². The van der Waals surface area contributed by atoms with Crippen molar-refractivity contribution in [2.75, 3.05) is 0 Å². The molecule has 0 amide bonds. The van der Waals surface area contributed by atoms with Crippen molar-refractivity contribution in [1.29, 1.82) is 0 Å². The summed E-state index contributed by atoms with van der Waals surface area (Å²) in [6.07, 6.45) is 1.02. The topological polar surface area (TPSA) is 17.8 Å². The molecule has 29 heavy (non-hydrogen) atoms. The second kappa shape index (κ2) is 6.46. The summed E-state index contributed by atoms with van der Waals surface area (Å²) in [7, 11) is 0. The summed E-state index contributed by atoms with van der Waals surface area (Å²) in [5, 5.41) is 2.65. The summed E-state index contributed by atoms with van der Waals surface area (Å²) in [5.74, 6) is 1.08. The zero-order chi connectivity index (χ0) is 19.2. The van der Waals surface area contributed by atoms with Crippen LogP contribution < -0.4 is 0 Å². The van der Waals surface area contributed by atoms with Gasteiger partial charge in [-0.1, -0.05) is 97.1 Å². The minimum absolute atomic E-state index is 0.945. The molecule has 138 valence electrons. The minimum atomic E-state index is 0.945. The Kier molecular flexibility index (Phi) is 3.63. The number of benzene rings is 4. The van der Waals surface area contributed by atoms with Gasteiger partial charge in [-0.05, 0) is 22.8 Å². The molecular weight excluding hydrogens is 352 g/mol. The van der Waals surface area contributed by atoms with E-state index in [4.69, 9.17) is 4.98 Å². The molecule has 4 aromatic carbocycles. The van der Waals surface area contributed by atoms with Gasteiger partial charge in [0, 0.05) is 23.2 Å². The van der Waals surface area contributed by atoms with E-state index in [1.54, 1.807) is 0 Å². The van der Waals surface area contributed by atoms with Crippen LogP contribution in [0.2, 0.25) is 0 Å². The van der Waals surface area contributed by atoms with Crippen molar-refractivity contribution in [1.82, 2.24) is 9.55 Å². The van der Waals surface area contributed by atoms with Gasteiger partial charge in [0.05, 0.1) is 11.4 Å². The molecule has 0 N–H and O–H groups in total. The Morgan fingerprint density at radius 2 is 1.34 bits per heavy atom. The first-order chi connectivity index (χ1) is 14.4. The van der Waals surface area contributed by atoms with Gasteiger partial charge in [0.1, 0.15) is 5.82 Å². The molecule has 0 fully saturated rings. The highest BCUT2D eigenvalue weighted by Crippen LogP contribution is 2.41. The van der Waals surface area contributed by atoms with E-state index in [2.05, 4.69) is 102 Å². The molecular formula is C27H20N2. The van der Waals surface area contributed by atoms with Crippen LogP contribution >= 0.6 is 0 Å². The van der Waals surface area contributed by atoms with E-state index < -0.39 is 0 Å². The highest BCUT2D eigenvalue weighted by Gasteiger charge is 2.26. The van der Waals surface area contributed by atoms with Crippen LogP contribution in [0.25, 0.3) is 44.7 Å². The Bertz CT molecular complexity index is 1330. The summed E-state index contributed by atoms with van der Waals surface area (Å²) in [6, 6.07) is 34.4. The number of fused-ring (bicyclic) bond motifs is 5. The SMILES string of the molecule is c1ccc(-c2nc3n(c2-c2ccccc2)CCc2c-3ccc3ccccc23)cc1. The van der Waals surface area contributed by atoms with E-state index in [-0.39, 0.29) is 0 Å². The molecule has 1 aliphatic rings. The van der Waals surface area contributed by atoms with Crippen molar-refractivity contribution in [3.05, 3.63) is 103 Å². The predicted molar refractivity (Wildman–Crippen MR) is 120 cm³/mol. The lowest BCUT2D eigenvalue weighted by Gasteiger charge is -2.22. The largest absolute Gasteiger partial charge is 0.323 e. The van der Waals surface area contributed by atoms with Crippen molar-refractivity contribution in [3.63, 3.8) is 0 Å². The smallest absolute Gasteiger partial charge is 0.141 e. The van der Waals surface area contributed by atoms with Gasteiger partial charge in [0.15, 0.2) is 0 Å². The minimum Gasteiger partial charge on any atom is -0.323 e. The molecule has 5 aromatic rings. The maximum absolute atomic E-state index is 5.21. The van der Waals surface area contributed by atoms with Crippen molar-refractivity contribution >= 4 is 10.8 Å². The zero-order valence-electron chi connectivity index (χ0n) is 16.0. The monoisotopic (exact) mass is 372 g/mol. The summed E-state index contributed by atoms with van der Waals surface area (Å²) in [6.45, 7) is 0.945. The summed E-state index contributed by atoms with van der Waals surface area (Å²) >= 11 is 0. The molecule has 1 aromatic heterocycles. The van der Waals surface area contributed by atoms with E-state index >= 15 is 0 Å². The summed E-state index contributed by atoms with van der Waals surface area (Å²) in [5.41, 5.74) is 7.33. The first-order valence-corrected chi connectivity index (χ1v) is 10.1. The quantitative estimate of drug-likeness (QED) is 0.342. The van der Waals surface area contributed by atoms with Gasteiger partial charge in [-0.25, -0.2) is 4.98 Å². The molecule has 2 heteroatoms. The predicted octanol–water partition coefficient (Wildman–Crippen LogP) is 6.59. The maximum Gasteiger partial charge on any atom is 0.141 e. The number of hydrogen-bond acceptors (Lipinski definition) is 1. The van der Waals surface area contributed by atoms with Gasteiger partial charge in [0.25, 0.3) is 0 Å². The van der Waals surface area contributed by atoms with E-state index in [1.165, 1.54) is 33.2 Å². The number of aryl methyl sites for hydroxylation is 1. The average molecular weight is 372 g/mol. The van der Waals surface area contributed by atoms with Crippen LogP contribution in [0.3, 0.4) is 0 Å².